The number of benzene rings is 2. The van der Waals surface area contributed by atoms with Crippen molar-refractivity contribution in [2.24, 2.45) is 0 Å². The molecule has 9 heteroatoms. The van der Waals surface area contributed by atoms with E-state index in [1.807, 2.05) is 6.07 Å². The van der Waals surface area contributed by atoms with E-state index in [1.54, 1.807) is 18.2 Å². The number of aliphatic hydroxyl groups is 1. The second-order valence-corrected chi connectivity index (χ2v) is 9.30. The fourth-order valence-corrected chi connectivity index (χ4v) is 5.11. The Labute approximate surface area is 188 Å². The zero-order chi connectivity index (χ0) is 22.5. The van der Waals surface area contributed by atoms with E-state index in [2.05, 4.69) is 10.6 Å². The van der Waals surface area contributed by atoms with Crippen molar-refractivity contribution in [1.82, 2.24) is 10.6 Å². The number of fused-ring (bicyclic) bond motifs is 1. The highest BCUT2D eigenvalue weighted by Crippen LogP contribution is 2.60. The van der Waals surface area contributed by atoms with E-state index >= 15 is 0 Å². The summed E-state index contributed by atoms with van der Waals surface area (Å²) in [5.74, 6) is -0.436. The summed E-state index contributed by atoms with van der Waals surface area (Å²) in [6.45, 7) is -0.241. The molecule has 0 saturated heterocycles. The third-order valence-corrected chi connectivity index (χ3v) is 6.67. The fraction of sp³-hybridized carbons (Fsp3) is 0.391. The molecule has 7 nitrogen and oxygen atoms in total. The van der Waals surface area contributed by atoms with E-state index in [1.165, 1.54) is 12.1 Å². The summed E-state index contributed by atoms with van der Waals surface area (Å²) in [6, 6.07) is 11.1. The molecule has 2 bridgehead atoms. The van der Waals surface area contributed by atoms with Crippen LogP contribution in [0.15, 0.2) is 42.5 Å². The van der Waals surface area contributed by atoms with Gasteiger partial charge in [-0.1, -0.05) is 29.8 Å². The van der Waals surface area contributed by atoms with Gasteiger partial charge in [0.25, 0.3) is 11.8 Å². The predicted molar refractivity (Wildman–Crippen MR) is 113 cm³/mol. The largest absolute Gasteiger partial charge is 0.484 e. The number of halogens is 2. The van der Waals surface area contributed by atoms with E-state index in [0.717, 1.165) is 6.07 Å². The minimum absolute atomic E-state index is 0.0136. The molecule has 2 atom stereocenters. The Kier molecular flexibility index (Phi) is 5.02. The van der Waals surface area contributed by atoms with Crippen molar-refractivity contribution in [3.05, 3.63) is 58.9 Å². The second kappa shape index (κ2) is 7.64. The lowest BCUT2D eigenvalue weighted by Crippen LogP contribution is -2.84. The Morgan fingerprint density at radius 1 is 1.16 bits per heavy atom. The number of hydrogen-bond donors (Lipinski definition) is 3. The first kappa shape index (κ1) is 21.0. The first-order valence-corrected chi connectivity index (χ1v) is 10.8. The maximum atomic E-state index is 13.5. The van der Waals surface area contributed by atoms with Gasteiger partial charge in [-0.15, -0.1) is 0 Å². The number of rotatable bonds is 6. The van der Waals surface area contributed by atoms with Crippen LogP contribution in [0.1, 0.15) is 37.4 Å². The lowest BCUT2D eigenvalue weighted by atomic mass is 9.44. The van der Waals surface area contributed by atoms with E-state index in [4.69, 9.17) is 21.1 Å². The Bertz CT molecular complexity index is 1070. The van der Waals surface area contributed by atoms with Gasteiger partial charge in [0.1, 0.15) is 17.3 Å². The molecule has 2 aromatic carbocycles. The highest BCUT2D eigenvalue weighted by Gasteiger charge is 2.69. The summed E-state index contributed by atoms with van der Waals surface area (Å²) in [4.78, 5) is 25.0. The van der Waals surface area contributed by atoms with Crippen molar-refractivity contribution in [3.8, 4) is 11.5 Å². The molecular formula is C23H22ClFN2O5. The summed E-state index contributed by atoms with van der Waals surface area (Å²) >= 11 is 5.63. The van der Waals surface area contributed by atoms with Gasteiger partial charge in [-0.3, -0.25) is 9.59 Å². The SMILES string of the molecule is O=C(COc1ccc(Cl)c(F)c1)NC12CC(NC(=O)[C@@H]3C[C@H](O)c4ccccc4O3)(C1)C2. The Balaban J connectivity index is 1.09. The number of hydrogen-bond acceptors (Lipinski definition) is 5. The zero-order valence-corrected chi connectivity index (χ0v) is 17.8. The molecule has 0 aromatic heterocycles. The standard InChI is InChI=1S/C23H22ClFN2O5/c24-15-6-5-13(7-16(15)25)31-9-20(29)26-22-10-23(11-22,12-22)27-21(30)19-8-17(28)14-3-1-2-4-18(14)32-19/h1-7,17,19,28H,8-12H2,(H,26,29)(H,27,30)/t17-,19-,22?,23?/m0/s1. The van der Waals surface area contributed by atoms with E-state index in [-0.39, 0.29) is 46.7 Å². The molecular weight excluding hydrogens is 439 g/mol. The number of aliphatic hydroxyl groups excluding tert-OH is 1. The number of carbonyl (C=O) groups excluding carboxylic acids is 2. The van der Waals surface area contributed by atoms with Gasteiger partial charge < -0.3 is 25.2 Å². The monoisotopic (exact) mass is 460 g/mol. The number of nitrogens with one attached hydrogen (secondary N) is 2. The maximum Gasteiger partial charge on any atom is 0.261 e. The van der Waals surface area contributed by atoms with Crippen LogP contribution in [-0.2, 0) is 9.59 Å². The van der Waals surface area contributed by atoms with Crippen molar-refractivity contribution in [3.63, 3.8) is 0 Å². The second-order valence-electron chi connectivity index (χ2n) is 8.89. The van der Waals surface area contributed by atoms with E-state index < -0.39 is 18.0 Å². The summed E-state index contributed by atoms with van der Waals surface area (Å²) in [7, 11) is 0. The average Bonchev–Trinajstić information content (AvgIpc) is 2.72. The van der Waals surface area contributed by atoms with Crippen molar-refractivity contribution < 1.29 is 28.6 Å². The third kappa shape index (κ3) is 3.78. The number of para-hydroxylation sites is 1. The van der Waals surface area contributed by atoms with Gasteiger partial charge in [-0.2, -0.15) is 0 Å². The molecule has 4 aliphatic rings. The normalized spacial score (nSPS) is 29.5. The first-order chi connectivity index (χ1) is 15.3. The smallest absolute Gasteiger partial charge is 0.261 e. The molecule has 0 radical (unpaired) electrons. The van der Waals surface area contributed by atoms with Crippen molar-refractivity contribution in [2.45, 2.75) is 49.0 Å². The van der Waals surface area contributed by atoms with Gasteiger partial charge in [0.2, 0.25) is 0 Å². The first-order valence-electron chi connectivity index (χ1n) is 10.4. The topological polar surface area (TPSA) is 96.9 Å². The van der Waals surface area contributed by atoms with Gasteiger partial charge >= 0.3 is 0 Å². The minimum atomic E-state index is -0.757. The Morgan fingerprint density at radius 2 is 1.88 bits per heavy atom. The summed E-state index contributed by atoms with van der Waals surface area (Å²) in [5, 5.41) is 16.3. The van der Waals surface area contributed by atoms with Crippen LogP contribution in [0.3, 0.4) is 0 Å². The van der Waals surface area contributed by atoms with Crippen LogP contribution in [0.2, 0.25) is 5.02 Å². The molecule has 6 rings (SSSR count). The van der Waals surface area contributed by atoms with Crippen LogP contribution in [-0.4, -0.2) is 40.7 Å². The zero-order valence-electron chi connectivity index (χ0n) is 17.1. The van der Waals surface area contributed by atoms with Gasteiger partial charge in [0.05, 0.1) is 11.1 Å². The molecule has 2 amide bonds. The van der Waals surface area contributed by atoms with Crippen LogP contribution in [0.5, 0.6) is 11.5 Å². The summed E-state index contributed by atoms with van der Waals surface area (Å²) in [5.41, 5.74) is -0.0128. The molecule has 3 aliphatic carbocycles. The molecule has 3 saturated carbocycles. The quantitative estimate of drug-likeness (QED) is 0.616. The van der Waals surface area contributed by atoms with Gasteiger partial charge in [0.15, 0.2) is 12.7 Å². The van der Waals surface area contributed by atoms with Crippen LogP contribution in [0, 0.1) is 5.82 Å². The molecule has 0 unspecified atom stereocenters. The number of ether oxygens (including phenoxy) is 2. The van der Waals surface area contributed by atoms with Gasteiger partial charge in [-0.25, -0.2) is 4.39 Å². The highest BCUT2D eigenvalue weighted by molar-refractivity contribution is 6.30. The van der Waals surface area contributed by atoms with Crippen LogP contribution < -0.4 is 20.1 Å². The maximum absolute atomic E-state index is 13.5. The molecule has 3 fully saturated rings. The molecule has 1 heterocycles. The molecule has 168 valence electrons. The Morgan fingerprint density at radius 3 is 2.62 bits per heavy atom. The van der Waals surface area contributed by atoms with Crippen molar-refractivity contribution in [2.75, 3.05) is 6.61 Å². The number of amides is 2. The fourth-order valence-electron chi connectivity index (χ4n) is 5.00. The molecule has 3 N–H and O–H groups in total. The lowest BCUT2D eigenvalue weighted by molar-refractivity contribution is -0.155. The van der Waals surface area contributed by atoms with Crippen LogP contribution in [0.4, 0.5) is 4.39 Å². The lowest BCUT2D eigenvalue weighted by Gasteiger charge is -2.70. The molecule has 2 aromatic rings. The average molecular weight is 461 g/mol. The molecule has 32 heavy (non-hydrogen) atoms. The van der Waals surface area contributed by atoms with Gasteiger partial charge in [0, 0.05) is 29.1 Å². The van der Waals surface area contributed by atoms with E-state index in [0.29, 0.717) is 30.6 Å². The van der Waals surface area contributed by atoms with E-state index in [9.17, 15) is 19.1 Å². The third-order valence-electron chi connectivity index (χ3n) is 6.36. The van der Waals surface area contributed by atoms with Gasteiger partial charge in [-0.05, 0) is 37.5 Å². The van der Waals surface area contributed by atoms with Crippen LogP contribution >= 0.6 is 11.6 Å². The summed E-state index contributed by atoms with van der Waals surface area (Å²) < 4.78 is 24.6. The molecule has 1 aliphatic heterocycles. The van der Waals surface area contributed by atoms with Crippen molar-refractivity contribution >= 4 is 23.4 Å². The van der Waals surface area contributed by atoms with Crippen LogP contribution in [0.25, 0.3) is 0 Å². The number of carbonyl (C=O) groups is 2. The minimum Gasteiger partial charge on any atom is -0.484 e. The predicted octanol–water partition coefficient (Wildman–Crippen LogP) is 2.65. The van der Waals surface area contributed by atoms with Crippen molar-refractivity contribution in [1.29, 1.82) is 0 Å². The summed E-state index contributed by atoms with van der Waals surface area (Å²) in [6.07, 6.45) is 0.566. The highest BCUT2D eigenvalue weighted by atomic mass is 35.5. The molecule has 0 spiro atoms. The Hall–Kier alpha value is -2.84.